The molecule has 0 spiro atoms. The van der Waals surface area contributed by atoms with Crippen LogP contribution in [0.3, 0.4) is 0 Å². The predicted octanol–water partition coefficient (Wildman–Crippen LogP) is 1.14. The molecule has 0 aromatic carbocycles. The molecule has 3 rings (SSSR count). The van der Waals surface area contributed by atoms with Gasteiger partial charge < -0.3 is 10.6 Å². The number of anilines is 1. The van der Waals surface area contributed by atoms with Gasteiger partial charge in [0, 0.05) is 32.7 Å². The van der Waals surface area contributed by atoms with E-state index in [1.807, 2.05) is 11.8 Å². The number of hydrogen-bond acceptors (Lipinski definition) is 4. The quantitative estimate of drug-likeness (QED) is 0.898. The number of amides is 1. The van der Waals surface area contributed by atoms with Gasteiger partial charge in [0.2, 0.25) is 0 Å². The molecule has 108 valence electrons. The minimum absolute atomic E-state index is 0.0633. The lowest BCUT2D eigenvalue weighted by atomic mass is 10.1. The van der Waals surface area contributed by atoms with Crippen molar-refractivity contribution in [3.05, 3.63) is 23.5 Å². The highest BCUT2D eigenvalue weighted by Crippen LogP contribution is 2.30. The molecule has 1 saturated carbocycles. The number of nitrogens with zero attached hydrogens (tertiary/aromatic N) is 3. The van der Waals surface area contributed by atoms with E-state index in [4.69, 9.17) is 5.73 Å². The molecule has 1 saturated heterocycles. The summed E-state index contributed by atoms with van der Waals surface area (Å²) in [5.74, 6) is 0.978. The van der Waals surface area contributed by atoms with Crippen LogP contribution in [-0.2, 0) is 0 Å². The number of piperazine rings is 1. The Hall–Kier alpha value is -1.62. The molecule has 2 N–H and O–H groups in total. The van der Waals surface area contributed by atoms with Crippen LogP contribution in [0, 0.1) is 12.8 Å². The van der Waals surface area contributed by atoms with Crippen molar-refractivity contribution in [1.29, 1.82) is 0 Å². The van der Waals surface area contributed by atoms with Gasteiger partial charge in [-0.15, -0.1) is 0 Å². The molecule has 1 aromatic rings. The fourth-order valence-corrected chi connectivity index (χ4v) is 2.74. The van der Waals surface area contributed by atoms with Crippen molar-refractivity contribution in [3.63, 3.8) is 0 Å². The fourth-order valence-electron chi connectivity index (χ4n) is 2.74. The number of nitrogens with two attached hydrogens (primary N) is 1. The van der Waals surface area contributed by atoms with E-state index in [9.17, 15) is 4.79 Å². The fraction of sp³-hybridized carbons (Fsp3) is 0.600. The van der Waals surface area contributed by atoms with Gasteiger partial charge >= 0.3 is 0 Å². The summed E-state index contributed by atoms with van der Waals surface area (Å²) in [4.78, 5) is 21.1. The zero-order valence-corrected chi connectivity index (χ0v) is 12.0. The second kappa shape index (κ2) is 5.40. The summed E-state index contributed by atoms with van der Waals surface area (Å²) in [6, 6.07) is 1.74. The van der Waals surface area contributed by atoms with Gasteiger partial charge in [-0.25, -0.2) is 0 Å². The monoisotopic (exact) mass is 274 g/mol. The summed E-state index contributed by atoms with van der Waals surface area (Å²) in [5.41, 5.74) is 7.68. The standard InChI is InChI=1S/C15H22N4O/c1-11-14(8-13(16)9-17-11)15(20)19-6-4-18(5-7-19)10-12-2-3-12/h8-9,12H,2-7,10,16H2,1H3. The first kappa shape index (κ1) is 13.4. The van der Waals surface area contributed by atoms with E-state index < -0.39 is 0 Å². The SMILES string of the molecule is Cc1ncc(N)cc1C(=O)N1CCN(CC2CC2)CC1. The average molecular weight is 274 g/mol. The molecular formula is C15H22N4O. The minimum Gasteiger partial charge on any atom is -0.397 e. The maximum Gasteiger partial charge on any atom is 0.255 e. The lowest BCUT2D eigenvalue weighted by Crippen LogP contribution is -2.49. The van der Waals surface area contributed by atoms with Crippen LogP contribution in [0.4, 0.5) is 5.69 Å². The van der Waals surface area contributed by atoms with E-state index in [-0.39, 0.29) is 5.91 Å². The van der Waals surface area contributed by atoms with E-state index in [1.165, 1.54) is 19.4 Å². The van der Waals surface area contributed by atoms with Gasteiger partial charge in [-0.1, -0.05) is 0 Å². The second-order valence-electron chi connectivity index (χ2n) is 5.94. The lowest BCUT2D eigenvalue weighted by molar-refractivity contribution is 0.0631. The summed E-state index contributed by atoms with van der Waals surface area (Å²) in [6.45, 7) is 6.64. The molecule has 1 amide bonds. The largest absolute Gasteiger partial charge is 0.397 e. The first-order valence-corrected chi connectivity index (χ1v) is 7.37. The maximum atomic E-state index is 12.5. The number of hydrogen-bond donors (Lipinski definition) is 1. The van der Waals surface area contributed by atoms with Crippen LogP contribution in [0.25, 0.3) is 0 Å². The van der Waals surface area contributed by atoms with Crippen LogP contribution in [0.15, 0.2) is 12.3 Å². The highest BCUT2D eigenvalue weighted by molar-refractivity contribution is 5.96. The molecule has 1 aromatic heterocycles. The number of aryl methyl sites for hydroxylation is 1. The Labute approximate surface area is 119 Å². The van der Waals surface area contributed by atoms with E-state index in [0.29, 0.717) is 11.3 Å². The Morgan fingerprint density at radius 2 is 2.05 bits per heavy atom. The van der Waals surface area contributed by atoms with Gasteiger partial charge in [0.1, 0.15) is 0 Å². The summed E-state index contributed by atoms with van der Waals surface area (Å²) >= 11 is 0. The molecule has 1 aliphatic carbocycles. The van der Waals surface area contributed by atoms with E-state index >= 15 is 0 Å². The van der Waals surface area contributed by atoms with Gasteiger partial charge in [0.25, 0.3) is 5.91 Å². The first-order valence-electron chi connectivity index (χ1n) is 7.37. The van der Waals surface area contributed by atoms with Gasteiger partial charge in [-0.05, 0) is 31.7 Å². The molecule has 0 unspecified atom stereocenters. The van der Waals surface area contributed by atoms with Gasteiger partial charge in [0.15, 0.2) is 0 Å². The van der Waals surface area contributed by atoms with Crippen molar-refractivity contribution >= 4 is 11.6 Å². The summed E-state index contributed by atoms with van der Waals surface area (Å²) < 4.78 is 0. The molecule has 2 aliphatic rings. The average Bonchev–Trinajstić information content (AvgIpc) is 3.26. The number of carbonyl (C=O) groups is 1. The number of nitrogen functional groups attached to an aromatic ring is 1. The molecule has 20 heavy (non-hydrogen) atoms. The van der Waals surface area contributed by atoms with E-state index in [1.54, 1.807) is 12.3 Å². The number of aromatic nitrogens is 1. The first-order chi connectivity index (χ1) is 9.63. The van der Waals surface area contributed by atoms with Crippen molar-refractivity contribution in [2.24, 2.45) is 5.92 Å². The van der Waals surface area contributed by atoms with Crippen molar-refractivity contribution in [2.75, 3.05) is 38.5 Å². The van der Waals surface area contributed by atoms with Crippen LogP contribution < -0.4 is 5.73 Å². The topological polar surface area (TPSA) is 62.5 Å². The van der Waals surface area contributed by atoms with Crippen molar-refractivity contribution in [1.82, 2.24) is 14.8 Å². The van der Waals surface area contributed by atoms with E-state index in [2.05, 4.69) is 9.88 Å². The molecule has 0 atom stereocenters. The smallest absolute Gasteiger partial charge is 0.255 e. The third-order valence-electron chi connectivity index (χ3n) is 4.21. The Kier molecular flexibility index (Phi) is 3.61. The molecule has 2 fully saturated rings. The van der Waals surface area contributed by atoms with Gasteiger partial charge in [-0.2, -0.15) is 0 Å². The molecular weight excluding hydrogens is 252 g/mol. The van der Waals surface area contributed by atoms with Crippen LogP contribution in [0.2, 0.25) is 0 Å². The zero-order valence-electron chi connectivity index (χ0n) is 12.0. The predicted molar refractivity (Wildman–Crippen MR) is 78.5 cm³/mol. The van der Waals surface area contributed by atoms with Crippen molar-refractivity contribution in [3.8, 4) is 0 Å². The molecule has 2 heterocycles. The normalized spacial score (nSPS) is 20.1. The lowest BCUT2D eigenvalue weighted by Gasteiger charge is -2.35. The highest BCUT2D eigenvalue weighted by atomic mass is 16.2. The Bertz CT molecular complexity index is 505. The van der Waals surface area contributed by atoms with Crippen molar-refractivity contribution in [2.45, 2.75) is 19.8 Å². The summed E-state index contributed by atoms with van der Waals surface area (Å²) in [7, 11) is 0. The Morgan fingerprint density at radius 1 is 1.35 bits per heavy atom. The maximum absolute atomic E-state index is 12.5. The van der Waals surface area contributed by atoms with Crippen LogP contribution in [-0.4, -0.2) is 53.4 Å². The number of rotatable bonds is 3. The van der Waals surface area contributed by atoms with Gasteiger partial charge in [0.05, 0.1) is 23.1 Å². The molecule has 0 radical (unpaired) electrons. The van der Waals surface area contributed by atoms with E-state index in [0.717, 1.165) is 37.8 Å². The molecule has 1 aliphatic heterocycles. The third kappa shape index (κ3) is 2.93. The number of pyridine rings is 1. The second-order valence-corrected chi connectivity index (χ2v) is 5.94. The van der Waals surface area contributed by atoms with Crippen LogP contribution in [0.1, 0.15) is 28.9 Å². The summed E-state index contributed by atoms with van der Waals surface area (Å²) in [6.07, 6.45) is 4.36. The zero-order chi connectivity index (χ0) is 14.1. The third-order valence-corrected chi connectivity index (χ3v) is 4.21. The van der Waals surface area contributed by atoms with Crippen molar-refractivity contribution < 1.29 is 4.79 Å². The van der Waals surface area contributed by atoms with Gasteiger partial charge in [-0.3, -0.25) is 14.7 Å². The molecule has 5 nitrogen and oxygen atoms in total. The Morgan fingerprint density at radius 3 is 2.70 bits per heavy atom. The summed E-state index contributed by atoms with van der Waals surface area (Å²) in [5, 5.41) is 0. The minimum atomic E-state index is 0.0633. The molecule has 5 heteroatoms. The highest BCUT2D eigenvalue weighted by Gasteiger charge is 2.28. The number of carbonyl (C=O) groups excluding carboxylic acids is 1. The molecule has 0 bridgehead atoms. The van der Waals surface area contributed by atoms with Crippen LogP contribution in [0.5, 0.6) is 0 Å². The Balaban J connectivity index is 1.61. The van der Waals surface area contributed by atoms with Crippen LogP contribution >= 0.6 is 0 Å².